The molecule has 0 fully saturated rings. The molecule has 1 nitrogen and oxygen atoms in total. The molecule has 25 heavy (non-hydrogen) atoms. The van der Waals surface area contributed by atoms with Gasteiger partial charge in [0, 0.05) is 24.0 Å². The minimum atomic E-state index is -0.221. The second-order valence-electron chi connectivity index (χ2n) is 6.17. The van der Waals surface area contributed by atoms with Gasteiger partial charge in [-0.2, -0.15) is 0 Å². The number of anilines is 2. The number of rotatable bonds is 4. The monoisotopic (exact) mass is 331 g/mol. The van der Waals surface area contributed by atoms with Gasteiger partial charge >= 0.3 is 0 Å². The Morgan fingerprint density at radius 1 is 0.720 bits per heavy atom. The summed E-state index contributed by atoms with van der Waals surface area (Å²) in [6.45, 7) is 4.30. The molecule has 0 heterocycles. The maximum Gasteiger partial charge on any atom is 0.123 e. The zero-order valence-electron chi connectivity index (χ0n) is 14.8. The van der Waals surface area contributed by atoms with Gasteiger partial charge in [0.1, 0.15) is 5.82 Å². The summed E-state index contributed by atoms with van der Waals surface area (Å²) in [5, 5.41) is 0. The summed E-state index contributed by atoms with van der Waals surface area (Å²) >= 11 is 0. The Morgan fingerprint density at radius 2 is 1.32 bits per heavy atom. The Morgan fingerprint density at radius 3 is 2.00 bits per heavy atom. The van der Waals surface area contributed by atoms with E-state index in [-0.39, 0.29) is 5.82 Å². The van der Waals surface area contributed by atoms with E-state index in [2.05, 4.69) is 61.2 Å². The van der Waals surface area contributed by atoms with Gasteiger partial charge in [0.2, 0.25) is 0 Å². The van der Waals surface area contributed by atoms with Crippen molar-refractivity contribution in [2.45, 2.75) is 13.8 Å². The summed E-state index contributed by atoms with van der Waals surface area (Å²) < 4.78 is 13.2. The van der Waals surface area contributed by atoms with Gasteiger partial charge in [-0.1, -0.05) is 48.5 Å². The third-order valence-corrected chi connectivity index (χ3v) is 4.65. The summed E-state index contributed by atoms with van der Waals surface area (Å²) in [7, 11) is 2.01. The molecule has 0 aliphatic rings. The number of benzene rings is 3. The third-order valence-electron chi connectivity index (χ3n) is 4.65. The van der Waals surface area contributed by atoms with E-state index >= 15 is 0 Å². The predicted octanol–water partition coefficient (Wildman–Crippen LogP) is 6.54. The molecule has 0 spiro atoms. The van der Waals surface area contributed by atoms with Crippen LogP contribution in [-0.2, 0) is 0 Å². The summed E-state index contributed by atoms with van der Waals surface area (Å²) in [6.07, 6.45) is 0. The highest BCUT2D eigenvalue weighted by molar-refractivity contribution is 5.93. The minimum Gasteiger partial charge on any atom is -0.344 e. The summed E-state index contributed by atoms with van der Waals surface area (Å²) in [5.74, 6) is -0.221. The van der Waals surface area contributed by atoms with Gasteiger partial charge < -0.3 is 4.90 Å². The predicted molar refractivity (Wildman–Crippen MR) is 106 cm³/mol. The number of nitrogens with zero attached hydrogens (tertiary/aromatic N) is 1. The zero-order valence-corrected chi connectivity index (χ0v) is 14.8. The molecule has 0 aromatic heterocycles. The van der Waals surface area contributed by atoms with Crippen LogP contribution >= 0.6 is 0 Å². The van der Waals surface area contributed by atoms with Crippen molar-refractivity contribution in [3.05, 3.63) is 95.8 Å². The van der Waals surface area contributed by atoms with Gasteiger partial charge in [0.15, 0.2) is 0 Å². The Bertz CT molecular complexity index is 879. The smallest absolute Gasteiger partial charge is 0.123 e. The molecule has 3 aromatic carbocycles. The SMILES string of the molecule is C/C(=C(/C)c1ccccc1N(C)c1ccc(F)cc1)c1ccccc1. The maximum absolute atomic E-state index is 13.2. The van der Waals surface area contributed by atoms with Gasteiger partial charge in [-0.25, -0.2) is 4.39 Å². The topological polar surface area (TPSA) is 3.24 Å². The van der Waals surface area contributed by atoms with Crippen molar-refractivity contribution in [2.75, 3.05) is 11.9 Å². The first-order valence-corrected chi connectivity index (χ1v) is 8.39. The van der Waals surface area contributed by atoms with Crippen molar-refractivity contribution >= 4 is 22.5 Å². The highest BCUT2D eigenvalue weighted by Gasteiger charge is 2.12. The summed E-state index contributed by atoms with van der Waals surface area (Å²) in [6, 6.07) is 25.3. The van der Waals surface area contributed by atoms with Crippen LogP contribution in [0.15, 0.2) is 78.9 Å². The molecule has 3 aromatic rings. The zero-order chi connectivity index (χ0) is 17.8. The lowest BCUT2D eigenvalue weighted by atomic mass is 9.95. The van der Waals surface area contributed by atoms with Gasteiger partial charge in [-0.3, -0.25) is 0 Å². The molecule has 0 saturated carbocycles. The molecule has 0 unspecified atom stereocenters. The average Bonchev–Trinajstić information content (AvgIpc) is 2.67. The van der Waals surface area contributed by atoms with Crippen LogP contribution in [0.5, 0.6) is 0 Å². The molecule has 0 atom stereocenters. The molecule has 3 rings (SSSR count). The lowest BCUT2D eigenvalue weighted by molar-refractivity contribution is 0.628. The Labute approximate surface area is 149 Å². The van der Waals surface area contributed by atoms with Crippen LogP contribution in [0.2, 0.25) is 0 Å². The van der Waals surface area contributed by atoms with Gasteiger partial charge in [0.25, 0.3) is 0 Å². The molecule has 2 heteroatoms. The van der Waals surface area contributed by atoms with E-state index in [0.29, 0.717) is 0 Å². The summed E-state index contributed by atoms with van der Waals surface area (Å²) in [4.78, 5) is 2.09. The van der Waals surface area contributed by atoms with Gasteiger partial charge in [0.05, 0.1) is 0 Å². The van der Waals surface area contributed by atoms with Crippen LogP contribution < -0.4 is 4.90 Å². The second-order valence-corrected chi connectivity index (χ2v) is 6.17. The van der Waals surface area contributed by atoms with Crippen LogP contribution in [0.1, 0.15) is 25.0 Å². The number of allylic oxidation sites excluding steroid dienone is 2. The largest absolute Gasteiger partial charge is 0.344 e. The standard InChI is InChI=1S/C23H22FN/c1-17(19-9-5-4-6-10-19)18(2)22-11-7-8-12-23(22)25(3)21-15-13-20(24)14-16-21/h4-16H,1-3H3/b18-17+. The van der Waals surface area contributed by atoms with Crippen molar-refractivity contribution in [1.29, 1.82) is 0 Å². The van der Waals surface area contributed by atoms with Crippen LogP contribution in [-0.4, -0.2) is 7.05 Å². The van der Waals surface area contributed by atoms with E-state index in [1.54, 1.807) is 12.1 Å². The van der Waals surface area contributed by atoms with Crippen LogP contribution in [0, 0.1) is 5.82 Å². The van der Waals surface area contributed by atoms with E-state index in [0.717, 1.165) is 11.4 Å². The second kappa shape index (κ2) is 7.35. The van der Waals surface area contributed by atoms with E-state index < -0.39 is 0 Å². The van der Waals surface area contributed by atoms with Gasteiger partial charge in [-0.05, 0) is 60.9 Å². The molecule has 0 amide bonds. The van der Waals surface area contributed by atoms with Crippen molar-refractivity contribution < 1.29 is 4.39 Å². The van der Waals surface area contributed by atoms with Crippen molar-refractivity contribution in [3.63, 3.8) is 0 Å². The Balaban J connectivity index is 2.05. The third kappa shape index (κ3) is 3.63. The highest BCUT2D eigenvalue weighted by atomic mass is 19.1. The molecule has 0 bridgehead atoms. The van der Waals surface area contributed by atoms with E-state index in [1.807, 2.05) is 19.2 Å². The fraction of sp³-hybridized carbons (Fsp3) is 0.130. The maximum atomic E-state index is 13.2. The number of hydrogen-bond donors (Lipinski definition) is 0. The first-order valence-electron chi connectivity index (χ1n) is 8.39. The lowest BCUT2D eigenvalue weighted by Crippen LogP contribution is -2.11. The number of para-hydroxylation sites is 1. The molecule has 0 saturated heterocycles. The van der Waals surface area contributed by atoms with Crippen molar-refractivity contribution in [1.82, 2.24) is 0 Å². The van der Waals surface area contributed by atoms with Crippen LogP contribution in [0.25, 0.3) is 11.1 Å². The summed E-state index contributed by atoms with van der Waals surface area (Å²) in [5.41, 5.74) is 6.94. The molecular weight excluding hydrogens is 309 g/mol. The fourth-order valence-electron chi connectivity index (χ4n) is 2.99. The molecule has 0 N–H and O–H groups in total. The molecule has 0 radical (unpaired) electrons. The van der Waals surface area contributed by atoms with Crippen molar-refractivity contribution in [3.8, 4) is 0 Å². The van der Waals surface area contributed by atoms with Crippen LogP contribution in [0.4, 0.5) is 15.8 Å². The molecular formula is C23H22FN. The van der Waals surface area contributed by atoms with E-state index in [4.69, 9.17) is 0 Å². The highest BCUT2D eigenvalue weighted by Crippen LogP contribution is 2.34. The van der Waals surface area contributed by atoms with Crippen molar-refractivity contribution in [2.24, 2.45) is 0 Å². The number of hydrogen-bond acceptors (Lipinski definition) is 1. The quantitative estimate of drug-likeness (QED) is 0.490. The Kier molecular flexibility index (Phi) is 4.99. The minimum absolute atomic E-state index is 0.221. The normalized spacial score (nSPS) is 11.8. The molecule has 0 aliphatic carbocycles. The number of halogens is 1. The average molecular weight is 331 g/mol. The molecule has 0 aliphatic heterocycles. The lowest BCUT2D eigenvalue weighted by Gasteiger charge is -2.24. The van der Waals surface area contributed by atoms with Gasteiger partial charge in [-0.15, -0.1) is 0 Å². The first kappa shape index (κ1) is 17.0. The molecule has 126 valence electrons. The van der Waals surface area contributed by atoms with E-state index in [1.165, 1.54) is 34.4 Å². The Hall–Kier alpha value is -2.87. The fourth-order valence-corrected chi connectivity index (χ4v) is 2.99. The first-order chi connectivity index (χ1) is 12.1. The van der Waals surface area contributed by atoms with E-state index in [9.17, 15) is 4.39 Å². The van der Waals surface area contributed by atoms with Crippen LogP contribution in [0.3, 0.4) is 0 Å².